The Morgan fingerprint density at radius 3 is 2.38 bits per heavy atom. The van der Waals surface area contributed by atoms with Gasteiger partial charge in [0.1, 0.15) is 0 Å². The van der Waals surface area contributed by atoms with Crippen molar-refractivity contribution in [2.75, 3.05) is 5.88 Å². The van der Waals surface area contributed by atoms with Crippen molar-refractivity contribution >= 4 is 17.6 Å². The summed E-state index contributed by atoms with van der Waals surface area (Å²) in [5.74, 6) is -1.05. The molecule has 1 atom stereocenters. The molecule has 0 aliphatic heterocycles. The average molecular weight is 139 g/mol. The minimum absolute atomic E-state index is 0.0215. The third-order valence-electron chi connectivity index (χ3n) is 0.588. The van der Waals surface area contributed by atoms with Crippen LogP contribution >= 0.6 is 11.6 Å². The van der Waals surface area contributed by atoms with Gasteiger partial charge in [-0.05, 0) is 0 Å². The molecule has 0 aromatic carbocycles. The zero-order chi connectivity index (χ0) is 6.57. The van der Waals surface area contributed by atoms with Gasteiger partial charge in [0.05, 0.1) is 12.5 Å². The van der Waals surface area contributed by atoms with Gasteiger partial charge >= 0.3 is 5.97 Å². The smallest absolute Gasteiger partial charge is 0.306 e. The maximum atomic E-state index is 9.75. The highest BCUT2D eigenvalue weighted by atomic mass is 35.5. The van der Waals surface area contributed by atoms with Crippen molar-refractivity contribution in [1.29, 1.82) is 0 Å². The van der Waals surface area contributed by atoms with Gasteiger partial charge in [-0.3, -0.25) is 4.79 Å². The monoisotopic (exact) mass is 138 g/mol. The predicted molar refractivity (Wildman–Crippen MR) is 29.0 cm³/mol. The van der Waals surface area contributed by atoms with Crippen molar-refractivity contribution in [1.82, 2.24) is 0 Å². The summed E-state index contributed by atoms with van der Waals surface area (Å²) in [4.78, 5) is 9.75. The van der Waals surface area contributed by atoms with Crippen LogP contribution in [0.2, 0.25) is 0 Å². The van der Waals surface area contributed by atoms with Gasteiger partial charge in [0.2, 0.25) is 0 Å². The number of aliphatic carboxylic acids is 1. The van der Waals surface area contributed by atoms with Crippen LogP contribution in [-0.2, 0) is 4.79 Å². The van der Waals surface area contributed by atoms with Crippen LogP contribution < -0.4 is 0 Å². The highest BCUT2D eigenvalue weighted by molar-refractivity contribution is 6.18. The third kappa shape index (κ3) is 3.89. The van der Waals surface area contributed by atoms with Crippen LogP contribution in [0.1, 0.15) is 6.42 Å². The van der Waals surface area contributed by atoms with E-state index in [-0.39, 0.29) is 12.3 Å². The molecule has 0 bridgehead atoms. The van der Waals surface area contributed by atoms with E-state index in [1.165, 1.54) is 0 Å². The van der Waals surface area contributed by atoms with Gasteiger partial charge in [0.25, 0.3) is 0 Å². The molecule has 0 aliphatic carbocycles. The van der Waals surface area contributed by atoms with Crippen LogP contribution in [0.5, 0.6) is 0 Å². The Kier molecular flexibility index (Phi) is 3.56. The van der Waals surface area contributed by atoms with Crippen LogP contribution in [0.4, 0.5) is 0 Å². The number of halogens is 1. The van der Waals surface area contributed by atoms with Crippen molar-refractivity contribution in [3.05, 3.63) is 0 Å². The first-order valence-corrected chi connectivity index (χ1v) is 2.66. The lowest BCUT2D eigenvalue weighted by molar-refractivity contribution is -0.138. The SMILES string of the molecule is O=C(O)CC(O)CCl. The number of carboxylic acids is 1. The van der Waals surface area contributed by atoms with E-state index < -0.39 is 12.1 Å². The first-order valence-electron chi connectivity index (χ1n) is 2.12. The molecule has 0 saturated carbocycles. The van der Waals surface area contributed by atoms with Crippen LogP contribution in [-0.4, -0.2) is 28.2 Å². The fourth-order valence-electron chi connectivity index (χ4n) is 0.256. The molecule has 0 aliphatic rings. The van der Waals surface area contributed by atoms with Crippen LogP contribution in [0, 0.1) is 0 Å². The number of carboxylic acid groups (broad SMARTS) is 1. The normalized spacial score (nSPS) is 13.2. The Morgan fingerprint density at radius 2 is 2.25 bits per heavy atom. The molecule has 2 N–H and O–H groups in total. The zero-order valence-electron chi connectivity index (χ0n) is 4.17. The summed E-state index contributed by atoms with van der Waals surface area (Å²) in [7, 11) is 0. The van der Waals surface area contributed by atoms with Gasteiger partial charge < -0.3 is 10.2 Å². The molecule has 0 radical (unpaired) electrons. The largest absolute Gasteiger partial charge is 0.481 e. The molecule has 0 aromatic rings. The highest BCUT2D eigenvalue weighted by Crippen LogP contribution is 1.92. The maximum Gasteiger partial charge on any atom is 0.306 e. The van der Waals surface area contributed by atoms with Crippen molar-refractivity contribution in [3.8, 4) is 0 Å². The van der Waals surface area contributed by atoms with Gasteiger partial charge in [0.15, 0.2) is 0 Å². The molecule has 0 fully saturated rings. The van der Waals surface area contributed by atoms with Crippen molar-refractivity contribution in [3.63, 3.8) is 0 Å². The number of hydrogen-bond acceptors (Lipinski definition) is 2. The van der Waals surface area contributed by atoms with Crippen molar-refractivity contribution < 1.29 is 15.0 Å². The minimum atomic E-state index is -1.03. The summed E-state index contributed by atoms with van der Waals surface area (Å²) in [6, 6.07) is 0. The number of rotatable bonds is 3. The van der Waals surface area contributed by atoms with Gasteiger partial charge in [-0.1, -0.05) is 0 Å². The molecule has 0 saturated heterocycles. The molecule has 0 spiro atoms. The van der Waals surface area contributed by atoms with Crippen molar-refractivity contribution in [2.45, 2.75) is 12.5 Å². The summed E-state index contributed by atoms with van der Waals surface area (Å²) in [6.45, 7) is 0. The predicted octanol–water partition coefficient (Wildman–Crippen LogP) is 0.0608. The molecule has 0 heterocycles. The first kappa shape index (κ1) is 7.72. The summed E-state index contributed by atoms with van der Waals surface area (Å²) in [5.41, 5.74) is 0. The number of alkyl halides is 1. The number of carbonyl (C=O) groups is 1. The van der Waals surface area contributed by atoms with E-state index in [4.69, 9.17) is 21.8 Å². The van der Waals surface area contributed by atoms with Gasteiger partial charge in [-0.15, -0.1) is 11.6 Å². The molecule has 1 unspecified atom stereocenters. The summed E-state index contributed by atoms with van der Waals surface area (Å²) in [5, 5.41) is 16.5. The second-order valence-electron chi connectivity index (χ2n) is 1.41. The molecule has 0 rings (SSSR count). The van der Waals surface area contributed by atoms with Gasteiger partial charge in [-0.2, -0.15) is 0 Å². The first-order chi connectivity index (χ1) is 3.66. The highest BCUT2D eigenvalue weighted by Gasteiger charge is 2.05. The fraction of sp³-hybridized carbons (Fsp3) is 0.750. The molecule has 4 heteroatoms. The third-order valence-corrected chi connectivity index (χ3v) is 0.945. The lowest BCUT2D eigenvalue weighted by Gasteiger charge is -1.98. The lowest BCUT2D eigenvalue weighted by Crippen LogP contribution is -2.13. The maximum absolute atomic E-state index is 9.75. The summed E-state index contributed by atoms with van der Waals surface area (Å²) >= 11 is 5.08. The fourth-order valence-corrected chi connectivity index (χ4v) is 0.365. The lowest BCUT2D eigenvalue weighted by atomic mass is 10.3. The minimum Gasteiger partial charge on any atom is -0.481 e. The molecular weight excluding hydrogens is 131 g/mol. The number of aliphatic hydroxyl groups excluding tert-OH is 1. The number of aliphatic hydroxyl groups is 1. The Hall–Kier alpha value is -0.280. The van der Waals surface area contributed by atoms with Crippen LogP contribution in [0.15, 0.2) is 0 Å². The molecule has 0 aromatic heterocycles. The van der Waals surface area contributed by atoms with Crippen molar-refractivity contribution in [2.24, 2.45) is 0 Å². The van der Waals surface area contributed by atoms with E-state index in [9.17, 15) is 4.79 Å². The molecular formula is C4H7ClO3. The standard InChI is InChI=1S/C4H7ClO3/c5-2-3(6)1-4(7)8/h3,6H,1-2H2,(H,7,8). The molecule has 3 nitrogen and oxygen atoms in total. The molecule has 0 amide bonds. The van der Waals surface area contributed by atoms with E-state index in [1.54, 1.807) is 0 Å². The summed E-state index contributed by atoms with van der Waals surface area (Å²) < 4.78 is 0. The van der Waals surface area contributed by atoms with E-state index in [1.807, 2.05) is 0 Å². The van der Waals surface area contributed by atoms with E-state index in [0.29, 0.717) is 0 Å². The van der Waals surface area contributed by atoms with Crippen LogP contribution in [0.25, 0.3) is 0 Å². The zero-order valence-corrected chi connectivity index (χ0v) is 4.93. The van der Waals surface area contributed by atoms with E-state index in [0.717, 1.165) is 0 Å². The van der Waals surface area contributed by atoms with Gasteiger partial charge in [-0.25, -0.2) is 0 Å². The number of hydrogen-bond donors (Lipinski definition) is 2. The second-order valence-corrected chi connectivity index (χ2v) is 1.71. The Labute approximate surface area is 51.9 Å². The van der Waals surface area contributed by atoms with Crippen LogP contribution in [0.3, 0.4) is 0 Å². The topological polar surface area (TPSA) is 57.5 Å². The Morgan fingerprint density at radius 1 is 1.75 bits per heavy atom. The summed E-state index contributed by atoms with van der Waals surface area (Å²) in [6.07, 6.45) is -1.18. The Bertz CT molecular complexity index is 83.4. The van der Waals surface area contributed by atoms with E-state index >= 15 is 0 Å². The Balaban J connectivity index is 3.24. The second kappa shape index (κ2) is 3.69. The quantitative estimate of drug-likeness (QED) is 0.543. The van der Waals surface area contributed by atoms with E-state index in [2.05, 4.69) is 0 Å². The average Bonchev–Trinajstić information content (AvgIpc) is 1.65. The molecule has 8 heavy (non-hydrogen) atoms. The molecule has 48 valence electrons. The van der Waals surface area contributed by atoms with Gasteiger partial charge in [0, 0.05) is 5.88 Å².